The van der Waals surface area contributed by atoms with Gasteiger partial charge in [-0.3, -0.25) is 9.59 Å². The Morgan fingerprint density at radius 2 is 2.03 bits per heavy atom. The molecule has 4 rings (SSSR count). The third kappa shape index (κ3) is 4.09. The molecule has 2 aromatic carbocycles. The van der Waals surface area contributed by atoms with Crippen molar-refractivity contribution < 1.29 is 23.8 Å². The Labute approximate surface area is 167 Å². The quantitative estimate of drug-likeness (QED) is 0.594. The number of aliphatic carboxylic acids is 1. The zero-order chi connectivity index (χ0) is 20.4. The average Bonchev–Trinajstić information content (AvgIpc) is 3.30. The maximum Gasteiger partial charge on any atom is 0.320 e. The number of aryl methyl sites for hydroxylation is 1. The molecule has 2 atom stereocenters. The highest BCUT2D eigenvalue weighted by atomic mass is 16.5. The lowest BCUT2D eigenvalue weighted by Gasteiger charge is -2.11. The van der Waals surface area contributed by atoms with Crippen molar-refractivity contribution in [2.24, 2.45) is 0 Å². The number of carbonyl (C=O) groups excluding carboxylic acids is 1. The van der Waals surface area contributed by atoms with Crippen LogP contribution < -0.4 is 15.4 Å². The number of nitrogens with one attached hydrogen (secondary N) is 2. The molecule has 0 spiro atoms. The lowest BCUT2D eigenvalue weighted by Crippen LogP contribution is -2.36. The van der Waals surface area contributed by atoms with Gasteiger partial charge in [0.2, 0.25) is 0 Å². The van der Waals surface area contributed by atoms with Gasteiger partial charge in [-0.05, 0) is 37.1 Å². The van der Waals surface area contributed by atoms with Crippen LogP contribution in [0.3, 0.4) is 0 Å². The second-order valence-corrected chi connectivity index (χ2v) is 7.17. The SMILES string of the molecule is Cc1oc2ccc(OCc3ccccc3)cc2c1C(=O)N[C@H]1CN[C@H](C(=O)O)C1. The van der Waals surface area contributed by atoms with Crippen molar-refractivity contribution >= 4 is 22.8 Å². The smallest absolute Gasteiger partial charge is 0.320 e. The van der Waals surface area contributed by atoms with E-state index in [0.29, 0.717) is 47.6 Å². The molecular formula is C22H22N2O5. The summed E-state index contributed by atoms with van der Waals surface area (Å²) in [6.45, 7) is 2.59. The second kappa shape index (κ2) is 7.97. The monoisotopic (exact) mass is 394 g/mol. The van der Waals surface area contributed by atoms with E-state index in [0.717, 1.165) is 5.56 Å². The molecule has 0 unspecified atom stereocenters. The van der Waals surface area contributed by atoms with Crippen molar-refractivity contribution in [2.75, 3.05) is 6.54 Å². The summed E-state index contributed by atoms with van der Waals surface area (Å²) in [4.78, 5) is 24.0. The zero-order valence-electron chi connectivity index (χ0n) is 16.0. The van der Waals surface area contributed by atoms with Crippen LogP contribution in [-0.2, 0) is 11.4 Å². The average molecular weight is 394 g/mol. The lowest BCUT2D eigenvalue weighted by molar-refractivity contribution is -0.139. The van der Waals surface area contributed by atoms with E-state index in [1.165, 1.54) is 0 Å². The number of rotatable bonds is 6. The van der Waals surface area contributed by atoms with Crippen LogP contribution in [0.4, 0.5) is 0 Å². The van der Waals surface area contributed by atoms with Gasteiger partial charge in [0.05, 0.1) is 5.56 Å². The Balaban J connectivity index is 1.51. The summed E-state index contributed by atoms with van der Waals surface area (Å²) in [5.74, 6) is -0.0330. The predicted molar refractivity (Wildman–Crippen MR) is 107 cm³/mol. The summed E-state index contributed by atoms with van der Waals surface area (Å²) in [5.41, 5.74) is 2.10. The molecule has 2 heterocycles. The summed E-state index contributed by atoms with van der Waals surface area (Å²) >= 11 is 0. The van der Waals surface area contributed by atoms with Gasteiger partial charge in [0, 0.05) is 18.0 Å². The molecule has 1 aliphatic heterocycles. The van der Waals surface area contributed by atoms with E-state index >= 15 is 0 Å². The van der Waals surface area contributed by atoms with Crippen LogP contribution in [0.15, 0.2) is 52.9 Å². The van der Waals surface area contributed by atoms with Crippen LogP contribution in [0.25, 0.3) is 11.0 Å². The number of benzene rings is 2. The highest BCUT2D eigenvalue weighted by Crippen LogP contribution is 2.29. The van der Waals surface area contributed by atoms with E-state index in [1.807, 2.05) is 36.4 Å². The van der Waals surface area contributed by atoms with Gasteiger partial charge >= 0.3 is 5.97 Å². The molecule has 0 bridgehead atoms. The summed E-state index contributed by atoms with van der Waals surface area (Å²) in [5, 5.41) is 15.6. The number of carboxylic acids is 1. The van der Waals surface area contributed by atoms with Crippen molar-refractivity contribution in [1.82, 2.24) is 10.6 Å². The molecule has 1 fully saturated rings. The number of furan rings is 1. The van der Waals surface area contributed by atoms with Gasteiger partial charge in [0.25, 0.3) is 5.91 Å². The zero-order valence-corrected chi connectivity index (χ0v) is 16.0. The van der Waals surface area contributed by atoms with E-state index in [4.69, 9.17) is 14.3 Å². The van der Waals surface area contributed by atoms with Crippen LogP contribution in [0.1, 0.15) is 28.1 Å². The summed E-state index contributed by atoms with van der Waals surface area (Å²) in [6.07, 6.45) is 0.349. The normalized spacial score (nSPS) is 18.7. The topological polar surface area (TPSA) is 101 Å². The van der Waals surface area contributed by atoms with Gasteiger partial charge in [-0.25, -0.2) is 0 Å². The van der Waals surface area contributed by atoms with Crippen molar-refractivity contribution in [2.45, 2.75) is 32.0 Å². The molecule has 0 aliphatic carbocycles. The number of carboxylic acid groups (broad SMARTS) is 1. The molecule has 7 nitrogen and oxygen atoms in total. The fourth-order valence-corrected chi connectivity index (χ4v) is 3.60. The number of amides is 1. The largest absolute Gasteiger partial charge is 0.489 e. The minimum absolute atomic E-state index is 0.245. The Hall–Kier alpha value is -3.32. The molecule has 1 amide bonds. The maximum atomic E-state index is 12.9. The van der Waals surface area contributed by atoms with Gasteiger partial charge in [0.1, 0.15) is 29.7 Å². The first kappa shape index (κ1) is 19.0. The highest BCUT2D eigenvalue weighted by Gasteiger charge is 2.31. The van der Waals surface area contributed by atoms with Crippen LogP contribution in [0, 0.1) is 6.92 Å². The number of ether oxygens (including phenoxy) is 1. The Bertz CT molecular complexity index is 1040. The standard InChI is InChI=1S/C22H22N2O5/c1-13-20(21(25)24-15-9-18(22(26)27)23-11-15)17-10-16(7-8-19(17)29-13)28-12-14-5-3-2-4-6-14/h2-8,10,15,18,23H,9,11-12H2,1H3,(H,24,25)(H,26,27)/t15-,18+/m1/s1. The number of hydrogen-bond acceptors (Lipinski definition) is 5. The summed E-state index contributed by atoms with van der Waals surface area (Å²) in [7, 11) is 0. The van der Waals surface area contributed by atoms with Gasteiger partial charge in [0.15, 0.2) is 0 Å². The first-order valence-electron chi connectivity index (χ1n) is 9.48. The fourth-order valence-electron chi connectivity index (χ4n) is 3.60. The van der Waals surface area contributed by atoms with E-state index in [2.05, 4.69) is 10.6 Å². The van der Waals surface area contributed by atoms with Gasteiger partial charge < -0.3 is 24.9 Å². The molecule has 1 saturated heterocycles. The van der Waals surface area contributed by atoms with Crippen LogP contribution in [-0.4, -0.2) is 35.6 Å². The maximum absolute atomic E-state index is 12.9. The molecule has 1 aromatic heterocycles. The fraction of sp³-hybridized carbons (Fsp3) is 0.273. The number of carbonyl (C=O) groups is 2. The van der Waals surface area contributed by atoms with E-state index in [1.54, 1.807) is 19.1 Å². The highest BCUT2D eigenvalue weighted by molar-refractivity contribution is 6.07. The van der Waals surface area contributed by atoms with Crippen molar-refractivity contribution in [1.29, 1.82) is 0 Å². The Morgan fingerprint density at radius 3 is 2.76 bits per heavy atom. The molecule has 0 saturated carbocycles. The predicted octanol–water partition coefficient (Wildman–Crippen LogP) is 2.87. The summed E-state index contributed by atoms with van der Waals surface area (Å²) in [6, 6.07) is 14.4. The Morgan fingerprint density at radius 1 is 1.24 bits per heavy atom. The van der Waals surface area contributed by atoms with E-state index < -0.39 is 12.0 Å². The minimum atomic E-state index is -0.910. The second-order valence-electron chi connectivity index (χ2n) is 7.17. The number of fused-ring (bicyclic) bond motifs is 1. The molecule has 0 radical (unpaired) electrons. The molecule has 3 N–H and O–H groups in total. The molecular weight excluding hydrogens is 372 g/mol. The van der Waals surface area contributed by atoms with Crippen molar-refractivity contribution in [3.8, 4) is 5.75 Å². The van der Waals surface area contributed by atoms with Crippen LogP contribution in [0.5, 0.6) is 5.75 Å². The first-order valence-corrected chi connectivity index (χ1v) is 9.48. The van der Waals surface area contributed by atoms with E-state index in [-0.39, 0.29) is 11.9 Å². The first-order chi connectivity index (χ1) is 14.0. The van der Waals surface area contributed by atoms with Gasteiger partial charge in [-0.1, -0.05) is 30.3 Å². The number of hydrogen-bond donors (Lipinski definition) is 3. The molecule has 1 aliphatic rings. The third-order valence-corrected chi connectivity index (χ3v) is 5.08. The minimum Gasteiger partial charge on any atom is -0.489 e. The third-order valence-electron chi connectivity index (χ3n) is 5.08. The lowest BCUT2D eigenvalue weighted by atomic mass is 10.1. The molecule has 150 valence electrons. The van der Waals surface area contributed by atoms with Gasteiger partial charge in [-0.2, -0.15) is 0 Å². The van der Waals surface area contributed by atoms with Crippen LogP contribution in [0.2, 0.25) is 0 Å². The van der Waals surface area contributed by atoms with Gasteiger partial charge in [-0.15, -0.1) is 0 Å². The van der Waals surface area contributed by atoms with Crippen molar-refractivity contribution in [3.05, 3.63) is 65.4 Å². The summed E-state index contributed by atoms with van der Waals surface area (Å²) < 4.78 is 11.6. The molecule has 29 heavy (non-hydrogen) atoms. The van der Waals surface area contributed by atoms with Crippen LogP contribution >= 0.6 is 0 Å². The van der Waals surface area contributed by atoms with E-state index in [9.17, 15) is 9.59 Å². The molecule has 7 heteroatoms. The van der Waals surface area contributed by atoms with Crippen molar-refractivity contribution in [3.63, 3.8) is 0 Å². The Kier molecular flexibility index (Phi) is 5.22. The molecule has 3 aromatic rings.